The van der Waals surface area contributed by atoms with Gasteiger partial charge in [0.2, 0.25) is 0 Å². The molecule has 16 heavy (non-hydrogen) atoms. The molecule has 4 nitrogen and oxygen atoms in total. The fourth-order valence-corrected chi connectivity index (χ4v) is 2.65. The van der Waals surface area contributed by atoms with Gasteiger partial charge in [-0.1, -0.05) is 6.42 Å². The molecule has 0 aromatic carbocycles. The first-order valence-corrected chi connectivity index (χ1v) is 6.33. The van der Waals surface area contributed by atoms with E-state index in [2.05, 4.69) is 16.8 Å². The third-order valence-electron chi connectivity index (χ3n) is 3.76. The van der Waals surface area contributed by atoms with E-state index in [9.17, 15) is 4.79 Å². The molecule has 1 N–H and O–H groups in total. The second-order valence-electron chi connectivity index (χ2n) is 5.18. The van der Waals surface area contributed by atoms with Crippen LogP contribution in [0.15, 0.2) is 0 Å². The van der Waals surface area contributed by atoms with Crippen LogP contribution in [0.4, 0.5) is 0 Å². The third kappa shape index (κ3) is 3.19. The number of carbonyl (C=O) groups is 1. The molecule has 1 saturated heterocycles. The van der Waals surface area contributed by atoms with Crippen LogP contribution >= 0.6 is 0 Å². The normalized spacial score (nSPS) is 27.2. The van der Waals surface area contributed by atoms with Crippen LogP contribution in [-0.4, -0.2) is 59.6 Å². The monoisotopic (exact) mass is 226 g/mol. The van der Waals surface area contributed by atoms with Gasteiger partial charge in [0.15, 0.2) is 0 Å². The Morgan fingerprint density at radius 1 is 1.38 bits per heavy atom. The van der Waals surface area contributed by atoms with E-state index in [0.29, 0.717) is 6.04 Å². The minimum absolute atomic E-state index is 0.211. The second kappa shape index (κ2) is 5.15. The number of hydrogen-bond acceptors (Lipinski definition) is 3. The van der Waals surface area contributed by atoms with Gasteiger partial charge in [-0.25, -0.2) is 0 Å². The number of carboxylic acids is 1. The van der Waals surface area contributed by atoms with Crippen molar-refractivity contribution < 1.29 is 9.90 Å². The van der Waals surface area contributed by atoms with E-state index in [0.717, 1.165) is 32.0 Å². The zero-order valence-corrected chi connectivity index (χ0v) is 10.1. The molecule has 1 aliphatic carbocycles. The van der Waals surface area contributed by atoms with Gasteiger partial charge in [0.05, 0.1) is 6.54 Å². The molecule has 1 heterocycles. The molecular weight excluding hydrogens is 204 g/mol. The van der Waals surface area contributed by atoms with Crippen molar-refractivity contribution in [2.75, 3.05) is 26.7 Å². The van der Waals surface area contributed by atoms with Gasteiger partial charge >= 0.3 is 5.97 Å². The van der Waals surface area contributed by atoms with Gasteiger partial charge in [0.25, 0.3) is 0 Å². The van der Waals surface area contributed by atoms with Crippen molar-refractivity contribution >= 4 is 5.97 Å². The molecule has 0 aromatic rings. The van der Waals surface area contributed by atoms with Gasteiger partial charge in [0, 0.05) is 18.6 Å². The number of likely N-dealkylation sites (tertiary alicyclic amines) is 1. The third-order valence-corrected chi connectivity index (χ3v) is 3.76. The first-order valence-electron chi connectivity index (χ1n) is 6.33. The van der Waals surface area contributed by atoms with Crippen LogP contribution in [0, 0.1) is 0 Å². The summed E-state index contributed by atoms with van der Waals surface area (Å²) < 4.78 is 0. The first kappa shape index (κ1) is 11.9. The minimum atomic E-state index is -0.694. The molecule has 2 rings (SSSR count). The number of carboxylic acid groups (broad SMARTS) is 1. The molecule has 0 unspecified atom stereocenters. The van der Waals surface area contributed by atoms with Crippen molar-refractivity contribution in [2.45, 2.75) is 44.2 Å². The summed E-state index contributed by atoms with van der Waals surface area (Å²) in [5.74, 6) is -0.694. The Morgan fingerprint density at radius 2 is 2.12 bits per heavy atom. The molecular formula is C12H22N2O2. The predicted molar refractivity (Wildman–Crippen MR) is 62.5 cm³/mol. The molecule has 2 aliphatic rings. The Bertz CT molecular complexity index is 253. The number of rotatable bonds is 5. The van der Waals surface area contributed by atoms with Gasteiger partial charge in [-0.15, -0.1) is 0 Å². The van der Waals surface area contributed by atoms with Crippen LogP contribution in [-0.2, 0) is 4.79 Å². The number of aliphatic carboxylic acids is 1. The summed E-state index contributed by atoms with van der Waals surface area (Å²) in [7, 11) is 2.17. The van der Waals surface area contributed by atoms with Crippen molar-refractivity contribution in [1.29, 1.82) is 0 Å². The van der Waals surface area contributed by atoms with E-state index in [4.69, 9.17) is 5.11 Å². The molecule has 92 valence electrons. The lowest BCUT2D eigenvalue weighted by atomic mass is 10.0. The molecule has 1 saturated carbocycles. The molecule has 0 spiro atoms. The van der Waals surface area contributed by atoms with Crippen molar-refractivity contribution in [3.8, 4) is 0 Å². The summed E-state index contributed by atoms with van der Waals surface area (Å²) in [5.41, 5.74) is 0. The highest BCUT2D eigenvalue weighted by molar-refractivity contribution is 5.69. The summed E-state index contributed by atoms with van der Waals surface area (Å²) >= 11 is 0. The number of likely N-dealkylation sites (N-methyl/N-ethyl adjacent to an activating group) is 1. The zero-order chi connectivity index (χ0) is 11.5. The van der Waals surface area contributed by atoms with Crippen molar-refractivity contribution in [2.24, 2.45) is 0 Å². The van der Waals surface area contributed by atoms with Gasteiger partial charge in [-0.05, 0) is 39.3 Å². The average molecular weight is 226 g/mol. The van der Waals surface area contributed by atoms with Crippen molar-refractivity contribution in [3.05, 3.63) is 0 Å². The summed E-state index contributed by atoms with van der Waals surface area (Å²) in [5, 5.41) is 8.88. The molecule has 0 aromatic heterocycles. The molecule has 0 amide bonds. The smallest absolute Gasteiger partial charge is 0.317 e. The standard InChI is InChI=1S/C12H22N2O2/c1-13(10-5-6-10)8-11-4-2-3-7-14(11)9-12(15)16/h10-11H,2-9H2,1H3,(H,15,16)/t11-/m1/s1. The van der Waals surface area contributed by atoms with E-state index < -0.39 is 5.97 Å². The second-order valence-corrected chi connectivity index (χ2v) is 5.18. The Balaban J connectivity index is 1.85. The Kier molecular flexibility index (Phi) is 3.82. The Labute approximate surface area is 97.2 Å². The fraction of sp³-hybridized carbons (Fsp3) is 0.917. The highest BCUT2D eigenvalue weighted by atomic mass is 16.4. The molecule has 2 fully saturated rings. The summed E-state index contributed by atoms with van der Waals surface area (Å²) in [4.78, 5) is 15.3. The summed E-state index contributed by atoms with van der Waals surface area (Å²) in [6, 6.07) is 1.23. The lowest BCUT2D eigenvalue weighted by Gasteiger charge is -2.36. The largest absolute Gasteiger partial charge is 0.480 e. The van der Waals surface area contributed by atoms with Crippen molar-refractivity contribution in [1.82, 2.24) is 9.80 Å². The van der Waals surface area contributed by atoms with Crippen LogP contribution in [0.5, 0.6) is 0 Å². The number of nitrogens with zero attached hydrogens (tertiary/aromatic N) is 2. The Morgan fingerprint density at radius 3 is 2.75 bits per heavy atom. The minimum Gasteiger partial charge on any atom is -0.480 e. The van der Waals surface area contributed by atoms with Crippen LogP contribution in [0.1, 0.15) is 32.1 Å². The van der Waals surface area contributed by atoms with E-state index in [1.54, 1.807) is 0 Å². The molecule has 0 radical (unpaired) electrons. The van der Waals surface area contributed by atoms with Crippen LogP contribution in [0.25, 0.3) is 0 Å². The maximum absolute atomic E-state index is 10.8. The highest BCUT2D eigenvalue weighted by Gasteiger charge is 2.31. The van der Waals surface area contributed by atoms with Gasteiger partial charge < -0.3 is 10.0 Å². The lowest BCUT2D eigenvalue weighted by Crippen LogP contribution is -2.48. The van der Waals surface area contributed by atoms with Gasteiger partial charge in [-0.2, -0.15) is 0 Å². The number of hydrogen-bond donors (Lipinski definition) is 1. The van der Waals surface area contributed by atoms with Crippen LogP contribution in [0.3, 0.4) is 0 Å². The molecule has 1 atom stereocenters. The summed E-state index contributed by atoms with van der Waals surface area (Å²) in [6.07, 6.45) is 6.20. The zero-order valence-electron chi connectivity index (χ0n) is 10.1. The fourth-order valence-electron chi connectivity index (χ4n) is 2.65. The van der Waals surface area contributed by atoms with E-state index in [1.165, 1.54) is 19.3 Å². The Hall–Kier alpha value is -0.610. The first-order chi connectivity index (χ1) is 7.66. The SMILES string of the molecule is CN(C[C@H]1CCCCN1CC(=O)O)C1CC1. The lowest BCUT2D eigenvalue weighted by molar-refractivity contribution is -0.139. The molecule has 4 heteroatoms. The topological polar surface area (TPSA) is 43.8 Å². The highest BCUT2D eigenvalue weighted by Crippen LogP contribution is 2.27. The molecule has 1 aliphatic heterocycles. The maximum atomic E-state index is 10.8. The number of piperidine rings is 1. The molecule has 0 bridgehead atoms. The average Bonchev–Trinajstić information content (AvgIpc) is 3.03. The summed E-state index contributed by atoms with van der Waals surface area (Å²) in [6.45, 7) is 2.20. The van der Waals surface area contributed by atoms with Gasteiger partial charge in [0.1, 0.15) is 0 Å². The van der Waals surface area contributed by atoms with Crippen molar-refractivity contribution in [3.63, 3.8) is 0 Å². The van der Waals surface area contributed by atoms with Gasteiger partial charge in [-0.3, -0.25) is 9.69 Å². The van der Waals surface area contributed by atoms with Crippen LogP contribution in [0.2, 0.25) is 0 Å². The van der Waals surface area contributed by atoms with Crippen LogP contribution < -0.4 is 0 Å². The predicted octanol–water partition coefficient (Wildman–Crippen LogP) is 1.02. The maximum Gasteiger partial charge on any atom is 0.317 e. The quantitative estimate of drug-likeness (QED) is 0.760. The van der Waals surface area contributed by atoms with E-state index in [1.807, 2.05) is 0 Å². The van der Waals surface area contributed by atoms with E-state index >= 15 is 0 Å². The van der Waals surface area contributed by atoms with E-state index in [-0.39, 0.29) is 6.54 Å².